The number of nitrogens with two attached hydrogens (primary N) is 1. The standard InChI is InChI=1S/C14H20N2O/c1-17-13-6-7-14-12(11-13)5-4-10-16(14)9-3-2-8-15/h4-7,11H,2-3,8-10,15H2,1H3. The van der Waals surface area contributed by atoms with Crippen LogP contribution in [-0.2, 0) is 0 Å². The van der Waals surface area contributed by atoms with E-state index in [1.165, 1.54) is 11.3 Å². The van der Waals surface area contributed by atoms with Crippen molar-refractivity contribution < 1.29 is 4.74 Å². The molecule has 0 fully saturated rings. The molecule has 0 radical (unpaired) electrons. The molecule has 92 valence electrons. The lowest BCUT2D eigenvalue weighted by Crippen LogP contribution is -2.27. The minimum atomic E-state index is 0.777. The van der Waals surface area contributed by atoms with Crippen LogP contribution in [0.15, 0.2) is 24.3 Å². The van der Waals surface area contributed by atoms with E-state index >= 15 is 0 Å². The van der Waals surface area contributed by atoms with E-state index in [0.29, 0.717) is 0 Å². The minimum absolute atomic E-state index is 0.777. The molecule has 1 heterocycles. The second-order valence-corrected chi connectivity index (χ2v) is 4.27. The number of hydrogen-bond donors (Lipinski definition) is 1. The van der Waals surface area contributed by atoms with E-state index in [1.54, 1.807) is 7.11 Å². The summed E-state index contributed by atoms with van der Waals surface area (Å²) >= 11 is 0. The highest BCUT2D eigenvalue weighted by molar-refractivity contribution is 5.72. The highest BCUT2D eigenvalue weighted by Crippen LogP contribution is 2.29. The zero-order chi connectivity index (χ0) is 12.1. The zero-order valence-corrected chi connectivity index (χ0v) is 10.4. The van der Waals surface area contributed by atoms with Gasteiger partial charge in [0.2, 0.25) is 0 Å². The first-order valence-electron chi connectivity index (χ1n) is 6.14. The van der Waals surface area contributed by atoms with E-state index in [4.69, 9.17) is 10.5 Å². The zero-order valence-electron chi connectivity index (χ0n) is 10.4. The summed E-state index contributed by atoms with van der Waals surface area (Å²) in [6, 6.07) is 6.25. The molecule has 17 heavy (non-hydrogen) atoms. The van der Waals surface area contributed by atoms with Crippen molar-refractivity contribution in [2.75, 3.05) is 31.6 Å². The molecular weight excluding hydrogens is 212 g/mol. The van der Waals surface area contributed by atoms with Crippen molar-refractivity contribution in [2.45, 2.75) is 12.8 Å². The minimum Gasteiger partial charge on any atom is -0.497 e. The van der Waals surface area contributed by atoms with E-state index < -0.39 is 0 Å². The van der Waals surface area contributed by atoms with Gasteiger partial charge in [-0.3, -0.25) is 0 Å². The summed E-state index contributed by atoms with van der Waals surface area (Å²) in [4.78, 5) is 2.39. The second-order valence-electron chi connectivity index (χ2n) is 4.27. The van der Waals surface area contributed by atoms with E-state index in [0.717, 1.165) is 38.2 Å². The Balaban J connectivity index is 2.12. The quantitative estimate of drug-likeness (QED) is 0.791. The SMILES string of the molecule is COc1ccc2c(c1)C=CCN2CCCCN. The molecule has 3 heteroatoms. The first-order valence-corrected chi connectivity index (χ1v) is 6.14. The molecule has 0 saturated heterocycles. The number of unbranched alkanes of at least 4 members (excludes halogenated alkanes) is 1. The fourth-order valence-electron chi connectivity index (χ4n) is 2.15. The van der Waals surface area contributed by atoms with Crippen LogP contribution in [0.4, 0.5) is 5.69 Å². The lowest BCUT2D eigenvalue weighted by Gasteiger charge is -2.28. The topological polar surface area (TPSA) is 38.5 Å². The number of hydrogen-bond acceptors (Lipinski definition) is 3. The van der Waals surface area contributed by atoms with Gasteiger partial charge in [-0.15, -0.1) is 0 Å². The van der Waals surface area contributed by atoms with Gasteiger partial charge in [0, 0.05) is 24.3 Å². The van der Waals surface area contributed by atoms with E-state index in [-0.39, 0.29) is 0 Å². The largest absolute Gasteiger partial charge is 0.497 e. The van der Waals surface area contributed by atoms with Crippen LogP contribution in [0.5, 0.6) is 5.75 Å². The van der Waals surface area contributed by atoms with Crippen LogP contribution in [0, 0.1) is 0 Å². The summed E-state index contributed by atoms with van der Waals surface area (Å²) in [5.41, 5.74) is 8.06. The number of methoxy groups -OCH3 is 1. The van der Waals surface area contributed by atoms with Gasteiger partial charge in [0.25, 0.3) is 0 Å². The van der Waals surface area contributed by atoms with Crippen LogP contribution in [0.2, 0.25) is 0 Å². The Kier molecular flexibility index (Phi) is 4.04. The van der Waals surface area contributed by atoms with Crippen molar-refractivity contribution in [1.29, 1.82) is 0 Å². The van der Waals surface area contributed by atoms with Gasteiger partial charge in [-0.1, -0.05) is 12.2 Å². The van der Waals surface area contributed by atoms with Gasteiger partial charge in [-0.2, -0.15) is 0 Å². The molecule has 1 aromatic carbocycles. The molecule has 0 unspecified atom stereocenters. The summed E-state index contributed by atoms with van der Waals surface area (Å²) in [6.45, 7) is 2.84. The third kappa shape index (κ3) is 2.80. The normalized spacial score (nSPS) is 13.6. The first-order chi connectivity index (χ1) is 8.35. The Hall–Kier alpha value is -1.48. The molecular formula is C14H20N2O. The Bertz CT molecular complexity index is 401. The average Bonchev–Trinajstić information content (AvgIpc) is 2.38. The fraction of sp³-hybridized carbons (Fsp3) is 0.429. The van der Waals surface area contributed by atoms with Gasteiger partial charge in [0.1, 0.15) is 5.75 Å². The molecule has 3 nitrogen and oxygen atoms in total. The number of fused-ring (bicyclic) bond motifs is 1. The van der Waals surface area contributed by atoms with Gasteiger partial charge < -0.3 is 15.4 Å². The average molecular weight is 232 g/mol. The summed E-state index contributed by atoms with van der Waals surface area (Å²) in [5, 5.41) is 0. The molecule has 0 aliphatic carbocycles. The fourth-order valence-corrected chi connectivity index (χ4v) is 2.15. The van der Waals surface area contributed by atoms with Crippen molar-refractivity contribution >= 4 is 11.8 Å². The smallest absolute Gasteiger partial charge is 0.119 e. The van der Waals surface area contributed by atoms with E-state index in [9.17, 15) is 0 Å². The van der Waals surface area contributed by atoms with Crippen LogP contribution < -0.4 is 15.4 Å². The van der Waals surface area contributed by atoms with Gasteiger partial charge in [-0.05, 0) is 37.6 Å². The summed E-state index contributed by atoms with van der Waals surface area (Å²) < 4.78 is 5.25. The van der Waals surface area contributed by atoms with Gasteiger partial charge in [0.05, 0.1) is 7.11 Å². The summed E-state index contributed by atoms with van der Waals surface area (Å²) in [6.07, 6.45) is 6.60. The number of benzene rings is 1. The van der Waals surface area contributed by atoms with Crippen LogP contribution in [0.3, 0.4) is 0 Å². The highest BCUT2D eigenvalue weighted by Gasteiger charge is 2.12. The third-order valence-electron chi connectivity index (χ3n) is 3.08. The molecule has 0 bridgehead atoms. The monoisotopic (exact) mass is 232 g/mol. The molecule has 1 aliphatic heterocycles. The predicted molar refractivity (Wildman–Crippen MR) is 72.5 cm³/mol. The van der Waals surface area contributed by atoms with E-state index in [2.05, 4.69) is 29.2 Å². The molecule has 0 amide bonds. The molecule has 1 aliphatic rings. The Labute approximate surface area is 103 Å². The molecule has 2 rings (SSSR count). The summed E-state index contributed by atoms with van der Waals surface area (Å²) in [7, 11) is 1.70. The van der Waals surface area contributed by atoms with E-state index in [1.807, 2.05) is 6.07 Å². The molecule has 1 aromatic rings. The number of ether oxygens (including phenoxy) is 1. The van der Waals surface area contributed by atoms with Crippen molar-refractivity contribution in [2.24, 2.45) is 5.73 Å². The first kappa shape index (κ1) is 12.0. The van der Waals surface area contributed by atoms with Crippen molar-refractivity contribution in [1.82, 2.24) is 0 Å². The molecule has 2 N–H and O–H groups in total. The van der Waals surface area contributed by atoms with Crippen molar-refractivity contribution in [3.05, 3.63) is 29.8 Å². The Morgan fingerprint density at radius 3 is 3.00 bits per heavy atom. The molecule has 0 atom stereocenters. The highest BCUT2D eigenvalue weighted by atomic mass is 16.5. The van der Waals surface area contributed by atoms with Gasteiger partial charge in [-0.25, -0.2) is 0 Å². The maximum atomic E-state index is 5.53. The lowest BCUT2D eigenvalue weighted by molar-refractivity contribution is 0.414. The maximum Gasteiger partial charge on any atom is 0.119 e. The van der Waals surface area contributed by atoms with Crippen LogP contribution in [0.1, 0.15) is 18.4 Å². The molecule has 0 spiro atoms. The third-order valence-corrected chi connectivity index (χ3v) is 3.08. The Morgan fingerprint density at radius 2 is 2.24 bits per heavy atom. The van der Waals surface area contributed by atoms with Crippen molar-refractivity contribution in [3.8, 4) is 5.75 Å². The van der Waals surface area contributed by atoms with Gasteiger partial charge >= 0.3 is 0 Å². The van der Waals surface area contributed by atoms with Crippen LogP contribution in [0.25, 0.3) is 6.08 Å². The van der Waals surface area contributed by atoms with Crippen LogP contribution >= 0.6 is 0 Å². The predicted octanol–water partition coefficient (Wildman–Crippen LogP) is 2.27. The number of nitrogens with zero attached hydrogens (tertiary/aromatic N) is 1. The molecule has 0 aromatic heterocycles. The van der Waals surface area contributed by atoms with Crippen molar-refractivity contribution in [3.63, 3.8) is 0 Å². The van der Waals surface area contributed by atoms with Gasteiger partial charge in [0.15, 0.2) is 0 Å². The Morgan fingerprint density at radius 1 is 1.35 bits per heavy atom. The maximum absolute atomic E-state index is 5.53. The second kappa shape index (κ2) is 5.73. The van der Waals surface area contributed by atoms with Crippen LogP contribution in [-0.4, -0.2) is 26.7 Å². The number of rotatable bonds is 5. The lowest BCUT2D eigenvalue weighted by atomic mass is 10.1. The summed E-state index contributed by atoms with van der Waals surface area (Å²) in [5.74, 6) is 0.914. The molecule has 0 saturated carbocycles. The number of anilines is 1.